The van der Waals surface area contributed by atoms with Crippen molar-refractivity contribution in [3.8, 4) is 0 Å². The van der Waals surface area contributed by atoms with Gasteiger partial charge in [0.1, 0.15) is 11.6 Å². The summed E-state index contributed by atoms with van der Waals surface area (Å²) in [5, 5.41) is 7.11. The molecule has 32 heavy (non-hydrogen) atoms. The molecule has 0 spiro atoms. The summed E-state index contributed by atoms with van der Waals surface area (Å²) in [7, 11) is 0. The van der Waals surface area contributed by atoms with Crippen LogP contribution in [0.5, 0.6) is 0 Å². The highest BCUT2D eigenvalue weighted by Crippen LogP contribution is 2.28. The summed E-state index contributed by atoms with van der Waals surface area (Å²) in [6.45, 7) is 8.23. The predicted molar refractivity (Wildman–Crippen MR) is 138 cm³/mol. The lowest BCUT2D eigenvalue weighted by Gasteiger charge is -2.35. The van der Waals surface area contributed by atoms with E-state index in [0.717, 1.165) is 31.3 Å². The van der Waals surface area contributed by atoms with Crippen LogP contribution < -0.4 is 20.4 Å². The smallest absolute Gasteiger partial charge is 0.232 e. The van der Waals surface area contributed by atoms with Gasteiger partial charge >= 0.3 is 0 Å². The number of rotatable bonds is 5. The average Bonchev–Trinajstić information content (AvgIpc) is 3.08. The maximum absolute atomic E-state index is 5.58. The normalized spacial score (nSPS) is 19.4. The number of nitrogens with one attached hydrogen (secondary N) is 2. The van der Waals surface area contributed by atoms with Crippen LogP contribution >= 0.6 is 12.2 Å². The zero-order valence-electron chi connectivity index (χ0n) is 19.4. The van der Waals surface area contributed by atoms with Crippen LogP contribution in [0.15, 0.2) is 30.3 Å². The molecule has 6 nitrogen and oxygen atoms in total. The Morgan fingerprint density at radius 2 is 1.66 bits per heavy atom. The molecule has 0 aliphatic carbocycles. The minimum Gasteiger partial charge on any atom is -0.358 e. The van der Waals surface area contributed by atoms with E-state index < -0.39 is 0 Å². The van der Waals surface area contributed by atoms with Crippen molar-refractivity contribution in [2.24, 2.45) is 0 Å². The molecule has 2 saturated heterocycles. The van der Waals surface area contributed by atoms with E-state index in [1.54, 1.807) is 0 Å². The van der Waals surface area contributed by atoms with Crippen LogP contribution in [0.1, 0.15) is 63.0 Å². The van der Waals surface area contributed by atoms with E-state index in [4.69, 9.17) is 22.2 Å². The molecular weight excluding hydrogens is 416 g/mol. The largest absolute Gasteiger partial charge is 0.358 e. The number of nitrogens with zero attached hydrogens (tertiary/aromatic N) is 4. The molecule has 0 unspecified atom stereocenters. The van der Waals surface area contributed by atoms with Gasteiger partial charge in [0.05, 0.1) is 0 Å². The van der Waals surface area contributed by atoms with Gasteiger partial charge in [-0.15, -0.1) is 0 Å². The molecule has 0 radical (unpaired) electrons. The molecule has 1 atom stereocenters. The molecular formula is C25H36N6S. The molecule has 172 valence electrons. The monoisotopic (exact) mass is 452 g/mol. The number of aryl methyl sites for hydroxylation is 1. The van der Waals surface area contributed by atoms with E-state index in [0.29, 0.717) is 23.6 Å². The first kappa shape index (κ1) is 22.8. The van der Waals surface area contributed by atoms with Crippen molar-refractivity contribution in [3.63, 3.8) is 0 Å². The molecule has 2 aromatic rings. The summed E-state index contributed by atoms with van der Waals surface area (Å²) >= 11 is 5.58. The van der Waals surface area contributed by atoms with Crippen LogP contribution in [-0.2, 0) is 6.54 Å². The van der Waals surface area contributed by atoms with Gasteiger partial charge in [-0.05, 0) is 63.7 Å². The van der Waals surface area contributed by atoms with Crippen LogP contribution in [0.4, 0.5) is 17.6 Å². The maximum Gasteiger partial charge on any atom is 0.232 e. The molecule has 0 saturated carbocycles. The van der Waals surface area contributed by atoms with Crippen molar-refractivity contribution < 1.29 is 0 Å². The molecule has 2 fully saturated rings. The van der Waals surface area contributed by atoms with Crippen molar-refractivity contribution in [1.82, 2.24) is 15.3 Å². The number of benzene rings is 1. The first-order valence-corrected chi connectivity index (χ1v) is 12.5. The Labute approximate surface area is 197 Å². The van der Waals surface area contributed by atoms with Crippen LogP contribution in [0.2, 0.25) is 0 Å². The van der Waals surface area contributed by atoms with Gasteiger partial charge in [-0.3, -0.25) is 0 Å². The standard InChI is InChI=1S/C25H36N6S/c1-19-10-12-21(13-11-19)18-26-25(32)29-24-27-22(30-14-6-3-4-7-15-30)17-23(28-24)31-16-8-5-9-20(31)2/h10-13,17,20H,3-9,14-16,18H2,1-2H3,(H2,26,27,28,29,32)/t20-/m0/s1. The molecule has 2 aliphatic heterocycles. The van der Waals surface area contributed by atoms with Crippen molar-refractivity contribution >= 4 is 34.9 Å². The van der Waals surface area contributed by atoms with Gasteiger partial charge in [-0.1, -0.05) is 42.7 Å². The lowest BCUT2D eigenvalue weighted by atomic mass is 10.0. The quantitative estimate of drug-likeness (QED) is 0.617. The summed E-state index contributed by atoms with van der Waals surface area (Å²) in [4.78, 5) is 14.6. The van der Waals surface area contributed by atoms with Gasteiger partial charge in [0.2, 0.25) is 5.95 Å². The third kappa shape index (κ3) is 6.09. The van der Waals surface area contributed by atoms with Gasteiger partial charge in [0.25, 0.3) is 0 Å². The Balaban J connectivity index is 1.51. The maximum atomic E-state index is 5.58. The third-order valence-electron chi connectivity index (χ3n) is 6.53. The Morgan fingerprint density at radius 1 is 0.969 bits per heavy atom. The minimum atomic E-state index is 0.495. The number of hydrogen-bond donors (Lipinski definition) is 2. The van der Waals surface area contributed by atoms with Crippen molar-refractivity contribution in [1.29, 1.82) is 0 Å². The molecule has 0 amide bonds. The molecule has 2 aliphatic rings. The second-order valence-corrected chi connectivity index (χ2v) is 9.55. The van der Waals surface area contributed by atoms with E-state index in [2.05, 4.69) is 64.6 Å². The predicted octanol–water partition coefficient (Wildman–Crippen LogP) is 5.03. The highest BCUT2D eigenvalue weighted by Gasteiger charge is 2.22. The fourth-order valence-corrected chi connectivity index (χ4v) is 4.72. The number of piperidine rings is 1. The summed E-state index contributed by atoms with van der Waals surface area (Å²) in [6.07, 6.45) is 8.76. The van der Waals surface area contributed by atoms with Crippen molar-refractivity contribution in [2.75, 3.05) is 34.8 Å². The van der Waals surface area contributed by atoms with Gasteiger partial charge in [-0.2, -0.15) is 9.97 Å². The van der Waals surface area contributed by atoms with Crippen LogP contribution in [-0.4, -0.2) is 40.8 Å². The van der Waals surface area contributed by atoms with Gasteiger partial charge < -0.3 is 20.4 Å². The number of aromatic nitrogens is 2. The Morgan fingerprint density at radius 3 is 2.38 bits per heavy atom. The number of thiocarbonyl (C=S) groups is 1. The van der Waals surface area contributed by atoms with E-state index in [9.17, 15) is 0 Å². The Bertz CT molecular complexity index is 892. The Kier molecular flexibility index (Phi) is 7.79. The lowest BCUT2D eigenvalue weighted by Crippen LogP contribution is -2.38. The first-order chi connectivity index (χ1) is 15.6. The first-order valence-electron chi connectivity index (χ1n) is 12.1. The van der Waals surface area contributed by atoms with Crippen LogP contribution in [0.3, 0.4) is 0 Å². The minimum absolute atomic E-state index is 0.495. The number of hydrogen-bond acceptors (Lipinski definition) is 5. The molecule has 2 N–H and O–H groups in total. The molecule has 0 bridgehead atoms. The molecule has 1 aromatic carbocycles. The fourth-order valence-electron chi connectivity index (χ4n) is 4.56. The van der Waals surface area contributed by atoms with E-state index >= 15 is 0 Å². The van der Waals surface area contributed by atoms with Crippen LogP contribution in [0.25, 0.3) is 0 Å². The van der Waals surface area contributed by atoms with Gasteiger partial charge in [0, 0.05) is 38.3 Å². The lowest BCUT2D eigenvalue weighted by molar-refractivity contribution is 0.481. The Hall–Kier alpha value is -2.41. The third-order valence-corrected chi connectivity index (χ3v) is 6.77. The molecule has 4 rings (SSSR count). The van der Waals surface area contributed by atoms with Crippen molar-refractivity contribution in [3.05, 3.63) is 41.5 Å². The summed E-state index contributed by atoms with van der Waals surface area (Å²) in [5.41, 5.74) is 2.45. The zero-order chi connectivity index (χ0) is 22.3. The van der Waals surface area contributed by atoms with Crippen LogP contribution in [0, 0.1) is 6.92 Å². The summed E-state index contributed by atoms with van der Waals surface area (Å²) in [6, 6.07) is 11.2. The van der Waals surface area contributed by atoms with E-state index in [1.807, 2.05) is 0 Å². The fraction of sp³-hybridized carbons (Fsp3) is 0.560. The SMILES string of the molecule is Cc1ccc(CNC(=S)Nc2nc(N3CCCCCC3)cc(N3CCCC[C@@H]3C)n2)cc1. The molecule has 1 aromatic heterocycles. The molecule has 7 heteroatoms. The summed E-state index contributed by atoms with van der Waals surface area (Å²) in [5.74, 6) is 2.61. The average molecular weight is 453 g/mol. The molecule has 3 heterocycles. The highest BCUT2D eigenvalue weighted by molar-refractivity contribution is 7.80. The van der Waals surface area contributed by atoms with Gasteiger partial charge in [0.15, 0.2) is 5.11 Å². The van der Waals surface area contributed by atoms with Gasteiger partial charge in [-0.25, -0.2) is 0 Å². The second kappa shape index (κ2) is 10.9. The topological polar surface area (TPSA) is 56.3 Å². The number of anilines is 3. The second-order valence-electron chi connectivity index (χ2n) is 9.14. The van der Waals surface area contributed by atoms with E-state index in [1.165, 1.54) is 56.1 Å². The zero-order valence-corrected chi connectivity index (χ0v) is 20.3. The summed E-state index contributed by atoms with van der Waals surface area (Å²) < 4.78 is 0. The van der Waals surface area contributed by atoms with Crippen molar-refractivity contribution in [2.45, 2.75) is 71.4 Å². The highest BCUT2D eigenvalue weighted by atomic mass is 32.1. The van der Waals surface area contributed by atoms with E-state index in [-0.39, 0.29) is 0 Å².